The van der Waals surface area contributed by atoms with Crippen molar-refractivity contribution in [3.05, 3.63) is 35.9 Å². The minimum atomic E-state index is 0.699. The molecule has 1 aromatic rings. The zero-order valence-corrected chi connectivity index (χ0v) is 10.0. The molecular weight excluding hydrogens is 188 g/mol. The second-order valence-electron chi connectivity index (χ2n) is 2.88. The van der Waals surface area contributed by atoms with E-state index in [1.54, 1.807) is 7.11 Å². The molecule has 0 heterocycles. The van der Waals surface area contributed by atoms with E-state index in [1.807, 2.05) is 32.0 Å². The molecular formula is C13H22O2. The molecule has 0 fully saturated rings. The number of methoxy groups -OCH3 is 1. The van der Waals surface area contributed by atoms with Gasteiger partial charge in [-0.3, -0.25) is 0 Å². The number of hydrogen-bond donors (Lipinski definition) is 0. The summed E-state index contributed by atoms with van der Waals surface area (Å²) in [6.45, 7) is 6.24. The highest BCUT2D eigenvalue weighted by atomic mass is 16.5. The average Bonchev–Trinajstić information content (AvgIpc) is 2.33. The molecule has 0 aliphatic carbocycles. The van der Waals surface area contributed by atoms with Crippen LogP contribution in [0.5, 0.6) is 0 Å². The van der Waals surface area contributed by atoms with Crippen molar-refractivity contribution in [2.24, 2.45) is 0 Å². The monoisotopic (exact) mass is 210 g/mol. The van der Waals surface area contributed by atoms with Crippen LogP contribution in [0, 0.1) is 0 Å². The summed E-state index contributed by atoms with van der Waals surface area (Å²) in [4.78, 5) is 0. The van der Waals surface area contributed by atoms with Crippen molar-refractivity contribution < 1.29 is 9.47 Å². The van der Waals surface area contributed by atoms with Gasteiger partial charge in [-0.15, -0.1) is 0 Å². The topological polar surface area (TPSA) is 18.5 Å². The molecule has 0 amide bonds. The second kappa shape index (κ2) is 11.2. The van der Waals surface area contributed by atoms with Crippen LogP contribution in [0.2, 0.25) is 0 Å². The maximum Gasteiger partial charge on any atom is 0.0716 e. The van der Waals surface area contributed by atoms with Crippen LogP contribution < -0.4 is 0 Å². The Morgan fingerprint density at radius 3 is 2.27 bits per heavy atom. The van der Waals surface area contributed by atoms with Gasteiger partial charge < -0.3 is 9.47 Å². The van der Waals surface area contributed by atoms with Crippen LogP contribution in [0.1, 0.15) is 25.8 Å². The van der Waals surface area contributed by atoms with Crippen LogP contribution in [-0.2, 0) is 16.1 Å². The molecule has 15 heavy (non-hydrogen) atoms. The molecule has 0 atom stereocenters. The zero-order chi connectivity index (χ0) is 11.4. The molecule has 1 rings (SSSR count). The molecule has 0 aromatic heterocycles. The Labute approximate surface area is 93.2 Å². The van der Waals surface area contributed by atoms with Crippen LogP contribution in [-0.4, -0.2) is 20.3 Å². The normalized spacial score (nSPS) is 9.27. The lowest BCUT2D eigenvalue weighted by atomic mass is 10.2. The van der Waals surface area contributed by atoms with Crippen molar-refractivity contribution in [1.29, 1.82) is 0 Å². The smallest absolute Gasteiger partial charge is 0.0716 e. The lowest BCUT2D eigenvalue weighted by Crippen LogP contribution is -1.98. The van der Waals surface area contributed by atoms with Gasteiger partial charge in [-0.25, -0.2) is 0 Å². The maximum absolute atomic E-state index is 5.44. The first-order valence-electron chi connectivity index (χ1n) is 5.54. The second-order valence-corrected chi connectivity index (χ2v) is 2.88. The van der Waals surface area contributed by atoms with Crippen molar-refractivity contribution in [2.45, 2.75) is 26.9 Å². The number of benzene rings is 1. The van der Waals surface area contributed by atoms with Gasteiger partial charge in [0, 0.05) is 20.3 Å². The minimum Gasteiger partial charge on any atom is -0.385 e. The van der Waals surface area contributed by atoms with Gasteiger partial charge in [0.15, 0.2) is 0 Å². The first-order chi connectivity index (χ1) is 7.43. The largest absolute Gasteiger partial charge is 0.385 e. The number of hydrogen-bond acceptors (Lipinski definition) is 2. The summed E-state index contributed by atoms with van der Waals surface area (Å²) in [5.74, 6) is 0. The highest BCUT2D eigenvalue weighted by Crippen LogP contribution is 2.00. The first-order valence-corrected chi connectivity index (χ1v) is 5.54. The van der Waals surface area contributed by atoms with Crippen LogP contribution in [0.25, 0.3) is 0 Å². The van der Waals surface area contributed by atoms with Crippen molar-refractivity contribution in [2.75, 3.05) is 20.3 Å². The highest BCUT2D eigenvalue weighted by molar-refractivity contribution is 5.13. The zero-order valence-electron chi connectivity index (χ0n) is 10.0. The lowest BCUT2D eigenvalue weighted by molar-refractivity contribution is 0.0928. The third kappa shape index (κ3) is 8.16. The van der Waals surface area contributed by atoms with Gasteiger partial charge in [-0.1, -0.05) is 44.2 Å². The fraction of sp³-hybridized carbons (Fsp3) is 0.538. The van der Waals surface area contributed by atoms with Crippen molar-refractivity contribution >= 4 is 0 Å². The summed E-state index contributed by atoms with van der Waals surface area (Å²) < 4.78 is 10.4. The van der Waals surface area contributed by atoms with Gasteiger partial charge in [0.1, 0.15) is 0 Å². The van der Waals surface area contributed by atoms with E-state index in [-0.39, 0.29) is 0 Å². The van der Waals surface area contributed by atoms with Gasteiger partial charge in [-0.2, -0.15) is 0 Å². The summed E-state index contributed by atoms with van der Waals surface area (Å²) in [5.41, 5.74) is 1.22. The molecule has 2 nitrogen and oxygen atoms in total. The summed E-state index contributed by atoms with van der Waals surface area (Å²) in [6, 6.07) is 10.2. The number of rotatable bonds is 6. The van der Waals surface area contributed by atoms with Crippen LogP contribution >= 0.6 is 0 Å². The summed E-state index contributed by atoms with van der Waals surface area (Å²) in [6.07, 6.45) is 0.962. The van der Waals surface area contributed by atoms with Crippen LogP contribution in [0.3, 0.4) is 0 Å². The van der Waals surface area contributed by atoms with Crippen LogP contribution in [0.15, 0.2) is 30.3 Å². The summed E-state index contributed by atoms with van der Waals surface area (Å²) in [7, 11) is 1.71. The molecule has 0 unspecified atom stereocenters. The van der Waals surface area contributed by atoms with E-state index in [4.69, 9.17) is 9.47 Å². The predicted molar refractivity (Wildman–Crippen MR) is 63.9 cm³/mol. The average molecular weight is 210 g/mol. The SMILES string of the molecule is CC.COCCCOCc1ccccc1. The van der Waals surface area contributed by atoms with E-state index < -0.39 is 0 Å². The predicted octanol–water partition coefficient (Wildman–Crippen LogP) is 3.27. The van der Waals surface area contributed by atoms with E-state index in [2.05, 4.69) is 12.1 Å². The van der Waals surface area contributed by atoms with Gasteiger partial charge >= 0.3 is 0 Å². The molecule has 86 valence electrons. The van der Waals surface area contributed by atoms with Gasteiger partial charge in [-0.05, 0) is 12.0 Å². The van der Waals surface area contributed by atoms with E-state index in [0.29, 0.717) is 6.61 Å². The minimum absolute atomic E-state index is 0.699. The Balaban J connectivity index is 0.000000921. The molecule has 0 aliphatic rings. The molecule has 0 spiro atoms. The molecule has 0 saturated carbocycles. The van der Waals surface area contributed by atoms with E-state index in [0.717, 1.165) is 19.6 Å². The third-order valence-electron chi connectivity index (χ3n) is 1.75. The maximum atomic E-state index is 5.44. The van der Waals surface area contributed by atoms with Crippen molar-refractivity contribution in [3.8, 4) is 0 Å². The fourth-order valence-electron chi connectivity index (χ4n) is 1.07. The molecule has 1 aromatic carbocycles. The Hall–Kier alpha value is -0.860. The fourth-order valence-corrected chi connectivity index (χ4v) is 1.07. The van der Waals surface area contributed by atoms with Gasteiger partial charge in [0.2, 0.25) is 0 Å². The standard InChI is InChI=1S/C11H16O2.C2H6/c1-12-8-5-9-13-10-11-6-3-2-4-7-11;1-2/h2-4,6-7H,5,8-10H2,1H3;1-2H3. The lowest BCUT2D eigenvalue weighted by Gasteiger charge is -2.03. The summed E-state index contributed by atoms with van der Waals surface area (Å²) >= 11 is 0. The highest BCUT2D eigenvalue weighted by Gasteiger charge is 1.91. The Kier molecular flexibility index (Phi) is 10.6. The molecule has 0 saturated heterocycles. The Bertz CT molecular complexity index is 209. The quantitative estimate of drug-likeness (QED) is 0.671. The van der Waals surface area contributed by atoms with Gasteiger partial charge in [0.25, 0.3) is 0 Å². The molecule has 2 heteroatoms. The van der Waals surface area contributed by atoms with Crippen molar-refractivity contribution in [1.82, 2.24) is 0 Å². The first kappa shape index (κ1) is 14.1. The molecule has 0 N–H and O–H groups in total. The van der Waals surface area contributed by atoms with E-state index >= 15 is 0 Å². The molecule has 0 aliphatic heterocycles. The summed E-state index contributed by atoms with van der Waals surface area (Å²) in [5, 5.41) is 0. The van der Waals surface area contributed by atoms with Crippen molar-refractivity contribution in [3.63, 3.8) is 0 Å². The third-order valence-corrected chi connectivity index (χ3v) is 1.75. The van der Waals surface area contributed by atoms with E-state index in [9.17, 15) is 0 Å². The van der Waals surface area contributed by atoms with Gasteiger partial charge in [0.05, 0.1) is 6.61 Å². The van der Waals surface area contributed by atoms with E-state index in [1.165, 1.54) is 5.56 Å². The molecule has 0 bridgehead atoms. The number of ether oxygens (including phenoxy) is 2. The molecule has 0 radical (unpaired) electrons. The van der Waals surface area contributed by atoms with Crippen LogP contribution in [0.4, 0.5) is 0 Å². The Morgan fingerprint density at radius 2 is 1.67 bits per heavy atom. The Morgan fingerprint density at radius 1 is 1.00 bits per heavy atom.